The fourth-order valence-electron chi connectivity index (χ4n) is 2.66. The van der Waals surface area contributed by atoms with Crippen molar-refractivity contribution in [2.45, 2.75) is 44.2 Å². The monoisotopic (exact) mass is 284 g/mol. The van der Waals surface area contributed by atoms with E-state index in [0.29, 0.717) is 0 Å². The van der Waals surface area contributed by atoms with Gasteiger partial charge in [-0.15, -0.1) is 0 Å². The van der Waals surface area contributed by atoms with Crippen LogP contribution in [0, 0.1) is 0 Å². The molecule has 2 aliphatic rings. The lowest BCUT2D eigenvalue weighted by Crippen LogP contribution is -2.37. The quantitative estimate of drug-likeness (QED) is 0.718. The first-order chi connectivity index (χ1) is 9.41. The average Bonchev–Trinajstić information content (AvgIpc) is 2.83. The summed E-state index contributed by atoms with van der Waals surface area (Å²) in [7, 11) is 0. The lowest BCUT2D eigenvalue weighted by Gasteiger charge is -2.24. The molecular formula is C12H16N2O6. The number of nitrogens with zero attached hydrogens (tertiary/aromatic N) is 1. The van der Waals surface area contributed by atoms with Gasteiger partial charge >= 0.3 is 5.69 Å². The molecule has 3 rings (SSSR count). The molecule has 0 spiro atoms. The van der Waals surface area contributed by atoms with E-state index in [9.17, 15) is 14.7 Å². The number of aromatic nitrogens is 2. The van der Waals surface area contributed by atoms with Crippen LogP contribution >= 0.6 is 0 Å². The summed E-state index contributed by atoms with van der Waals surface area (Å²) in [5, 5.41) is 9.36. The van der Waals surface area contributed by atoms with E-state index in [0.717, 1.165) is 0 Å². The molecular weight excluding hydrogens is 268 g/mol. The van der Waals surface area contributed by atoms with Crippen LogP contribution in [0.3, 0.4) is 0 Å². The number of fused-ring (bicyclic) bond motifs is 1. The SMILES string of the molecule is CC1(C)OC2C(O1)[C@@H](CO)O[C@H]2n1ccc(=O)[nH]c1=O. The molecule has 2 aliphatic heterocycles. The number of hydrogen-bond acceptors (Lipinski definition) is 6. The summed E-state index contributed by atoms with van der Waals surface area (Å²) in [4.78, 5) is 25.1. The molecule has 0 saturated carbocycles. The molecule has 8 nitrogen and oxygen atoms in total. The lowest BCUT2D eigenvalue weighted by molar-refractivity contribution is -0.200. The van der Waals surface area contributed by atoms with Gasteiger partial charge in [-0.1, -0.05) is 0 Å². The van der Waals surface area contributed by atoms with Gasteiger partial charge in [0.2, 0.25) is 0 Å². The van der Waals surface area contributed by atoms with Gasteiger partial charge in [0, 0.05) is 12.3 Å². The summed E-state index contributed by atoms with van der Waals surface area (Å²) < 4.78 is 18.3. The Morgan fingerprint density at radius 2 is 2.05 bits per heavy atom. The third-order valence-corrected chi connectivity index (χ3v) is 3.43. The second-order valence-electron chi connectivity index (χ2n) is 5.33. The number of aliphatic hydroxyl groups is 1. The highest BCUT2D eigenvalue weighted by atomic mass is 16.8. The predicted molar refractivity (Wildman–Crippen MR) is 66.1 cm³/mol. The fourth-order valence-corrected chi connectivity index (χ4v) is 2.66. The molecule has 110 valence electrons. The number of rotatable bonds is 2. The van der Waals surface area contributed by atoms with Gasteiger partial charge in [0.05, 0.1) is 6.61 Å². The van der Waals surface area contributed by atoms with Crippen LogP contribution in [-0.2, 0) is 14.2 Å². The van der Waals surface area contributed by atoms with Gasteiger partial charge in [-0.2, -0.15) is 0 Å². The molecule has 0 aliphatic carbocycles. The van der Waals surface area contributed by atoms with Crippen LogP contribution < -0.4 is 11.2 Å². The maximum absolute atomic E-state index is 11.8. The largest absolute Gasteiger partial charge is 0.394 e. The van der Waals surface area contributed by atoms with Crippen molar-refractivity contribution in [2.75, 3.05) is 6.61 Å². The topological polar surface area (TPSA) is 103 Å². The number of ether oxygens (including phenoxy) is 3. The van der Waals surface area contributed by atoms with Crippen LogP contribution in [0.5, 0.6) is 0 Å². The van der Waals surface area contributed by atoms with Gasteiger partial charge in [0.25, 0.3) is 5.56 Å². The molecule has 0 radical (unpaired) electrons. The second-order valence-corrected chi connectivity index (χ2v) is 5.33. The summed E-state index contributed by atoms with van der Waals surface area (Å²) in [5.41, 5.74) is -1.07. The van der Waals surface area contributed by atoms with Gasteiger partial charge in [-0.25, -0.2) is 4.79 Å². The molecule has 3 heterocycles. The van der Waals surface area contributed by atoms with E-state index in [-0.39, 0.29) is 6.61 Å². The zero-order chi connectivity index (χ0) is 14.5. The van der Waals surface area contributed by atoms with E-state index in [1.807, 2.05) is 0 Å². The number of aromatic amines is 1. The summed E-state index contributed by atoms with van der Waals surface area (Å²) >= 11 is 0. The van der Waals surface area contributed by atoms with Crippen molar-refractivity contribution in [2.24, 2.45) is 0 Å². The van der Waals surface area contributed by atoms with Crippen molar-refractivity contribution in [3.63, 3.8) is 0 Å². The molecule has 4 atom stereocenters. The van der Waals surface area contributed by atoms with Crippen molar-refractivity contribution >= 4 is 0 Å². The Bertz CT molecular complexity index is 621. The molecule has 0 aromatic carbocycles. The molecule has 1 aromatic rings. The molecule has 0 amide bonds. The molecule has 1 aromatic heterocycles. The fraction of sp³-hybridized carbons (Fsp3) is 0.667. The lowest BCUT2D eigenvalue weighted by atomic mass is 10.1. The van der Waals surface area contributed by atoms with Crippen molar-refractivity contribution in [3.8, 4) is 0 Å². The summed E-state index contributed by atoms with van der Waals surface area (Å²) in [5.74, 6) is -0.809. The van der Waals surface area contributed by atoms with E-state index >= 15 is 0 Å². The predicted octanol–water partition coefficient (Wildman–Crippen LogP) is -1.05. The van der Waals surface area contributed by atoms with Gasteiger partial charge in [-0.3, -0.25) is 14.3 Å². The normalized spacial score (nSPS) is 35.1. The van der Waals surface area contributed by atoms with Crippen LogP contribution in [0.4, 0.5) is 0 Å². The summed E-state index contributed by atoms with van der Waals surface area (Å²) in [6, 6.07) is 1.23. The third kappa shape index (κ3) is 2.10. The third-order valence-electron chi connectivity index (χ3n) is 3.43. The number of aliphatic hydroxyl groups excluding tert-OH is 1. The van der Waals surface area contributed by atoms with E-state index in [1.54, 1.807) is 13.8 Å². The first-order valence-corrected chi connectivity index (χ1v) is 6.35. The molecule has 0 bridgehead atoms. The standard InChI is InChI=1S/C12H16N2O6/c1-12(2)19-8-6(5-15)18-10(9(8)20-12)14-4-3-7(16)13-11(14)17/h3-4,6,8-10,15H,5H2,1-2H3,(H,13,16,17)/t6-,8?,9?,10-/m1/s1. The van der Waals surface area contributed by atoms with Gasteiger partial charge < -0.3 is 19.3 Å². The number of nitrogens with one attached hydrogen (secondary N) is 1. The van der Waals surface area contributed by atoms with Gasteiger partial charge in [0.1, 0.15) is 18.3 Å². The highest BCUT2D eigenvalue weighted by Gasteiger charge is 2.55. The minimum atomic E-state index is -0.809. The molecule has 2 saturated heterocycles. The zero-order valence-corrected chi connectivity index (χ0v) is 11.1. The Morgan fingerprint density at radius 3 is 2.70 bits per heavy atom. The summed E-state index contributed by atoms with van der Waals surface area (Å²) in [6.07, 6.45) is -0.962. The van der Waals surface area contributed by atoms with Crippen molar-refractivity contribution < 1.29 is 19.3 Å². The highest BCUT2D eigenvalue weighted by molar-refractivity contribution is 4.98. The summed E-state index contributed by atoms with van der Waals surface area (Å²) in [6.45, 7) is 3.27. The van der Waals surface area contributed by atoms with Crippen LogP contribution in [0.25, 0.3) is 0 Å². The van der Waals surface area contributed by atoms with Crippen molar-refractivity contribution in [3.05, 3.63) is 33.1 Å². The Morgan fingerprint density at radius 1 is 1.35 bits per heavy atom. The first kappa shape index (κ1) is 13.5. The average molecular weight is 284 g/mol. The Hall–Kier alpha value is -1.48. The maximum atomic E-state index is 11.8. The van der Waals surface area contributed by atoms with E-state index < -0.39 is 41.6 Å². The molecule has 2 N–H and O–H groups in total. The first-order valence-electron chi connectivity index (χ1n) is 6.35. The van der Waals surface area contributed by atoms with E-state index in [4.69, 9.17) is 14.2 Å². The number of H-pyrrole nitrogens is 1. The van der Waals surface area contributed by atoms with Crippen LogP contribution in [0.2, 0.25) is 0 Å². The van der Waals surface area contributed by atoms with Gasteiger partial charge in [0.15, 0.2) is 12.0 Å². The van der Waals surface area contributed by atoms with Crippen molar-refractivity contribution in [1.29, 1.82) is 0 Å². The minimum absolute atomic E-state index is 0.241. The van der Waals surface area contributed by atoms with Crippen molar-refractivity contribution in [1.82, 2.24) is 9.55 Å². The Kier molecular flexibility index (Phi) is 3.05. The van der Waals surface area contributed by atoms with Crippen LogP contribution in [0.1, 0.15) is 20.1 Å². The van der Waals surface area contributed by atoms with E-state index in [2.05, 4.69) is 4.98 Å². The van der Waals surface area contributed by atoms with Crippen LogP contribution in [0.15, 0.2) is 21.9 Å². The van der Waals surface area contributed by atoms with Gasteiger partial charge in [-0.05, 0) is 13.8 Å². The number of hydrogen-bond donors (Lipinski definition) is 2. The maximum Gasteiger partial charge on any atom is 0.330 e. The molecule has 2 fully saturated rings. The van der Waals surface area contributed by atoms with Crippen LogP contribution in [-0.4, -0.2) is 45.4 Å². The molecule has 2 unspecified atom stereocenters. The van der Waals surface area contributed by atoms with E-state index in [1.165, 1.54) is 16.8 Å². The molecule has 20 heavy (non-hydrogen) atoms. The highest BCUT2D eigenvalue weighted by Crippen LogP contribution is 2.42. The zero-order valence-electron chi connectivity index (χ0n) is 11.1. The second kappa shape index (κ2) is 4.52. The smallest absolute Gasteiger partial charge is 0.330 e. The Balaban J connectivity index is 1.98. The Labute approximate surface area is 113 Å². The minimum Gasteiger partial charge on any atom is -0.394 e. The molecule has 8 heteroatoms.